The Kier molecular flexibility index (Phi) is 6.48. The van der Waals surface area contributed by atoms with Crippen LogP contribution in [-0.2, 0) is 0 Å². The Morgan fingerprint density at radius 3 is 2.62 bits per heavy atom. The molecule has 1 amide bonds. The van der Waals surface area contributed by atoms with E-state index in [9.17, 15) is 10.1 Å². The van der Waals surface area contributed by atoms with Crippen molar-refractivity contribution in [2.75, 3.05) is 25.4 Å². The first-order chi connectivity index (χ1) is 15.6. The zero-order chi connectivity index (χ0) is 22.5. The lowest BCUT2D eigenvalue weighted by Crippen LogP contribution is -2.55. The van der Waals surface area contributed by atoms with Gasteiger partial charge in [-0.2, -0.15) is 5.26 Å². The molecule has 0 radical (unpaired) electrons. The van der Waals surface area contributed by atoms with Gasteiger partial charge in [0.2, 0.25) is 0 Å². The lowest BCUT2D eigenvalue weighted by Gasteiger charge is -2.45. The number of nitrogens with two attached hydrogens (primary N) is 1. The molecule has 2 N–H and O–H groups in total. The second-order valence-electron chi connectivity index (χ2n) is 8.11. The maximum Gasteiger partial charge on any atom is 0.255 e. The number of piperazine rings is 1. The number of rotatable bonds is 5. The highest BCUT2D eigenvalue weighted by atomic mass is 16.2. The molecule has 2 aromatic carbocycles. The Bertz CT molecular complexity index is 1120. The predicted octanol–water partition coefficient (Wildman–Crippen LogP) is 3.86. The Labute approximate surface area is 188 Å². The van der Waals surface area contributed by atoms with Gasteiger partial charge in [0.25, 0.3) is 5.91 Å². The van der Waals surface area contributed by atoms with Crippen LogP contribution in [0.15, 0.2) is 73.1 Å². The van der Waals surface area contributed by atoms with Crippen molar-refractivity contribution in [3.8, 4) is 6.07 Å². The number of amides is 1. The summed E-state index contributed by atoms with van der Waals surface area (Å²) in [6.07, 6.45) is 4.02. The van der Waals surface area contributed by atoms with Gasteiger partial charge in [-0.1, -0.05) is 49.4 Å². The predicted molar refractivity (Wildman–Crippen MR) is 125 cm³/mol. The van der Waals surface area contributed by atoms with Crippen molar-refractivity contribution in [2.45, 2.75) is 25.4 Å². The Hall–Kier alpha value is -3.69. The molecule has 2 heterocycles. The van der Waals surface area contributed by atoms with Crippen LogP contribution < -0.4 is 5.73 Å². The van der Waals surface area contributed by atoms with Crippen LogP contribution in [0, 0.1) is 11.3 Å². The van der Waals surface area contributed by atoms with Crippen LogP contribution >= 0.6 is 0 Å². The lowest BCUT2D eigenvalue weighted by molar-refractivity contribution is 0.0374. The summed E-state index contributed by atoms with van der Waals surface area (Å²) in [5.74, 6) is -0.0364. The van der Waals surface area contributed by atoms with Gasteiger partial charge < -0.3 is 10.6 Å². The van der Waals surface area contributed by atoms with Gasteiger partial charge in [-0.3, -0.25) is 14.7 Å². The highest BCUT2D eigenvalue weighted by molar-refractivity contribution is 5.94. The smallest absolute Gasteiger partial charge is 0.255 e. The van der Waals surface area contributed by atoms with Crippen molar-refractivity contribution >= 4 is 11.6 Å². The highest BCUT2D eigenvalue weighted by Crippen LogP contribution is 2.33. The molecule has 0 aliphatic carbocycles. The molecule has 1 aliphatic rings. The van der Waals surface area contributed by atoms with Crippen molar-refractivity contribution in [1.29, 1.82) is 5.26 Å². The van der Waals surface area contributed by atoms with Crippen LogP contribution in [0.5, 0.6) is 0 Å². The van der Waals surface area contributed by atoms with Crippen molar-refractivity contribution in [3.05, 3.63) is 95.3 Å². The number of hydrogen-bond donors (Lipinski definition) is 1. The van der Waals surface area contributed by atoms with E-state index >= 15 is 0 Å². The summed E-state index contributed by atoms with van der Waals surface area (Å²) in [6.45, 7) is 4.13. The first-order valence-electron chi connectivity index (χ1n) is 10.9. The molecule has 0 spiro atoms. The third-order valence-corrected chi connectivity index (χ3v) is 6.07. The molecule has 1 aromatic heterocycles. The van der Waals surface area contributed by atoms with Gasteiger partial charge in [-0.15, -0.1) is 0 Å². The zero-order valence-electron chi connectivity index (χ0n) is 18.2. The van der Waals surface area contributed by atoms with Crippen molar-refractivity contribution in [3.63, 3.8) is 0 Å². The Morgan fingerprint density at radius 2 is 1.91 bits per heavy atom. The van der Waals surface area contributed by atoms with E-state index in [0.29, 0.717) is 29.9 Å². The van der Waals surface area contributed by atoms with E-state index in [-0.39, 0.29) is 18.0 Å². The van der Waals surface area contributed by atoms with Gasteiger partial charge in [0.05, 0.1) is 28.9 Å². The number of hydrogen-bond acceptors (Lipinski definition) is 5. The molecule has 0 unspecified atom stereocenters. The van der Waals surface area contributed by atoms with E-state index < -0.39 is 0 Å². The van der Waals surface area contributed by atoms with E-state index in [1.54, 1.807) is 18.5 Å². The van der Waals surface area contributed by atoms with Gasteiger partial charge in [0, 0.05) is 38.1 Å². The first kappa shape index (κ1) is 21.5. The number of benzene rings is 2. The van der Waals surface area contributed by atoms with Crippen LogP contribution in [0.3, 0.4) is 0 Å². The molecule has 32 heavy (non-hydrogen) atoms. The minimum absolute atomic E-state index is 0.0146. The molecular weight excluding hydrogens is 398 g/mol. The van der Waals surface area contributed by atoms with E-state index in [1.807, 2.05) is 41.3 Å². The molecule has 1 saturated heterocycles. The maximum absolute atomic E-state index is 13.1. The summed E-state index contributed by atoms with van der Waals surface area (Å²) in [4.78, 5) is 21.5. The number of carbonyl (C=O) groups excluding carboxylic acids is 1. The standard InChI is InChI=1S/C26H27N5O/c1-2-24-18-30(26(32)22-14-23(28)17-29-16-22)11-12-31(24)25(20-8-4-3-5-9-20)21-10-6-7-19(13-21)15-27/h3-10,13-14,16-17,24-25H,2,11-12,18,28H2,1H3/t24-,25-/m1/s1. The van der Waals surface area contributed by atoms with Crippen molar-refractivity contribution in [2.24, 2.45) is 0 Å². The minimum Gasteiger partial charge on any atom is -0.397 e. The fourth-order valence-corrected chi connectivity index (χ4v) is 4.50. The number of nitriles is 1. The topological polar surface area (TPSA) is 86.2 Å². The molecule has 1 aliphatic heterocycles. The van der Waals surface area contributed by atoms with E-state index in [2.05, 4.69) is 41.1 Å². The van der Waals surface area contributed by atoms with Crippen LogP contribution in [0.25, 0.3) is 0 Å². The van der Waals surface area contributed by atoms with Gasteiger partial charge in [0.15, 0.2) is 0 Å². The minimum atomic E-state index is -0.0364. The molecule has 2 atom stereocenters. The first-order valence-corrected chi connectivity index (χ1v) is 10.9. The molecule has 0 bridgehead atoms. The SMILES string of the molecule is CC[C@@H]1CN(C(=O)c2cncc(N)c2)CCN1[C@H](c1ccccc1)c1cccc(C#N)c1. The molecule has 6 heteroatoms. The summed E-state index contributed by atoms with van der Waals surface area (Å²) in [7, 11) is 0. The molecule has 3 aromatic rings. The Balaban J connectivity index is 1.64. The van der Waals surface area contributed by atoms with E-state index in [4.69, 9.17) is 5.73 Å². The largest absolute Gasteiger partial charge is 0.397 e. The van der Waals surface area contributed by atoms with Gasteiger partial charge >= 0.3 is 0 Å². The van der Waals surface area contributed by atoms with Gasteiger partial charge in [-0.05, 0) is 35.7 Å². The third-order valence-electron chi connectivity index (χ3n) is 6.07. The van der Waals surface area contributed by atoms with Gasteiger partial charge in [-0.25, -0.2) is 0 Å². The molecule has 0 saturated carbocycles. The summed E-state index contributed by atoms with van der Waals surface area (Å²) >= 11 is 0. The summed E-state index contributed by atoms with van der Waals surface area (Å²) in [5, 5.41) is 9.42. The summed E-state index contributed by atoms with van der Waals surface area (Å²) in [5.41, 5.74) is 9.77. The number of anilines is 1. The summed E-state index contributed by atoms with van der Waals surface area (Å²) in [6, 6.07) is 22.3. The third kappa shape index (κ3) is 4.48. The van der Waals surface area contributed by atoms with Gasteiger partial charge in [0.1, 0.15) is 0 Å². The number of aromatic nitrogens is 1. The molecule has 1 fully saturated rings. The van der Waals surface area contributed by atoms with Crippen LogP contribution in [0.4, 0.5) is 5.69 Å². The highest BCUT2D eigenvalue weighted by Gasteiger charge is 2.34. The van der Waals surface area contributed by atoms with Crippen molar-refractivity contribution < 1.29 is 4.79 Å². The number of pyridine rings is 1. The fourth-order valence-electron chi connectivity index (χ4n) is 4.50. The van der Waals surface area contributed by atoms with Crippen LogP contribution in [0.2, 0.25) is 0 Å². The summed E-state index contributed by atoms with van der Waals surface area (Å²) < 4.78 is 0. The fraction of sp³-hybridized carbons (Fsp3) is 0.269. The quantitative estimate of drug-likeness (QED) is 0.671. The van der Waals surface area contributed by atoms with Crippen molar-refractivity contribution in [1.82, 2.24) is 14.8 Å². The monoisotopic (exact) mass is 425 g/mol. The normalized spacial score (nSPS) is 17.5. The second-order valence-corrected chi connectivity index (χ2v) is 8.11. The van der Waals surface area contributed by atoms with E-state index in [1.165, 1.54) is 5.56 Å². The molecule has 6 nitrogen and oxygen atoms in total. The molecule has 4 rings (SSSR count). The van der Waals surface area contributed by atoms with Crippen LogP contribution in [-0.4, -0.2) is 46.4 Å². The lowest BCUT2D eigenvalue weighted by atomic mass is 9.93. The number of nitrogens with zero attached hydrogens (tertiary/aromatic N) is 4. The second kappa shape index (κ2) is 9.63. The molecular formula is C26H27N5O. The Morgan fingerprint density at radius 1 is 1.12 bits per heavy atom. The average Bonchev–Trinajstić information content (AvgIpc) is 2.84. The number of carbonyl (C=O) groups is 1. The van der Waals surface area contributed by atoms with E-state index in [0.717, 1.165) is 18.5 Å². The average molecular weight is 426 g/mol. The number of nitrogen functional groups attached to an aromatic ring is 1. The molecule has 162 valence electrons. The zero-order valence-corrected chi connectivity index (χ0v) is 18.2. The van der Waals surface area contributed by atoms with Crippen LogP contribution in [0.1, 0.15) is 46.4 Å². The maximum atomic E-state index is 13.1.